The third-order valence-corrected chi connectivity index (χ3v) is 3.84. The molecule has 0 fully saturated rings. The van der Waals surface area contributed by atoms with Crippen molar-refractivity contribution in [1.29, 1.82) is 0 Å². The van der Waals surface area contributed by atoms with E-state index >= 15 is 0 Å². The van der Waals surface area contributed by atoms with E-state index in [1.54, 1.807) is 23.1 Å². The molecular formula is C9H16N4S2. The Morgan fingerprint density at radius 1 is 1.67 bits per heavy atom. The number of thiophene rings is 1. The van der Waals surface area contributed by atoms with Crippen molar-refractivity contribution in [2.24, 2.45) is 16.8 Å². The molecule has 0 radical (unpaired) electrons. The van der Waals surface area contributed by atoms with Crippen LogP contribution in [0, 0.1) is 6.92 Å². The van der Waals surface area contributed by atoms with Crippen molar-refractivity contribution in [2.45, 2.75) is 12.8 Å². The van der Waals surface area contributed by atoms with Gasteiger partial charge in [0, 0.05) is 15.5 Å². The molecule has 0 aliphatic carbocycles. The van der Waals surface area contributed by atoms with E-state index in [4.69, 9.17) is 11.7 Å². The van der Waals surface area contributed by atoms with E-state index in [9.17, 15) is 0 Å². The quantitative estimate of drug-likeness (QED) is 0.322. The predicted molar refractivity (Wildman–Crippen MR) is 69.1 cm³/mol. The summed E-state index contributed by atoms with van der Waals surface area (Å²) in [4.78, 5) is 2.52. The third kappa shape index (κ3) is 3.12. The summed E-state index contributed by atoms with van der Waals surface area (Å²) in [6, 6.07) is 4.20. The Morgan fingerprint density at radius 2 is 2.40 bits per heavy atom. The highest BCUT2D eigenvalue weighted by atomic mass is 32.2. The van der Waals surface area contributed by atoms with Gasteiger partial charge in [-0.2, -0.15) is 16.9 Å². The fraction of sp³-hybridized carbons (Fsp3) is 0.444. The minimum Gasteiger partial charge on any atom is -0.322 e. The average molecular weight is 244 g/mol. The van der Waals surface area contributed by atoms with Crippen molar-refractivity contribution in [3.05, 3.63) is 21.9 Å². The minimum atomic E-state index is 0.161. The topological polar surface area (TPSA) is 76.4 Å². The molecule has 0 spiro atoms. The second-order valence-electron chi connectivity index (χ2n) is 3.12. The molecule has 1 atom stereocenters. The molecule has 0 saturated carbocycles. The van der Waals surface area contributed by atoms with Gasteiger partial charge in [0.15, 0.2) is 0 Å². The maximum atomic E-state index is 5.39. The number of nitrogens with one attached hydrogen (secondary N) is 1. The highest BCUT2D eigenvalue weighted by Gasteiger charge is 2.18. The highest BCUT2D eigenvalue weighted by molar-refractivity contribution is 7.98. The van der Waals surface area contributed by atoms with Crippen LogP contribution < -0.4 is 17.1 Å². The zero-order chi connectivity index (χ0) is 11.3. The number of rotatable bonds is 4. The van der Waals surface area contributed by atoms with Gasteiger partial charge in [-0.25, -0.2) is 5.84 Å². The molecule has 0 bridgehead atoms. The number of thioether (sulfide) groups is 1. The van der Waals surface area contributed by atoms with Gasteiger partial charge in [0.05, 0.1) is 5.92 Å². The Morgan fingerprint density at radius 3 is 2.80 bits per heavy atom. The average Bonchev–Trinajstić information content (AvgIpc) is 2.65. The van der Waals surface area contributed by atoms with Crippen molar-refractivity contribution in [3.8, 4) is 0 Å². The van der Waals surface area contributed by atoms with Gasteiger partial charge in [0.1, 0.15) is 5.84 Å². The first-order valence-electron chi connectivity index (χ1n) is 4.52. The number of hydrazine groups is 1. The van der Waals surface area contributed by atoms with Crippen LogP contribution >= 0.6 is 23.1 Å². The SMILES string of the molecule is CSCC(/C(=N/N)NN)c1ccc(C)s1. The van der Waals surface area contributed by atoms with Crippen LogP contribution in [0.15, 0.2) is 17.2 Å². The van der Waals surface area contributed by atoms with Crippen molar-refractivity contribution >= 4 is 28.9 Å². The second kappa shape index (κ2) is 5.99. The predicted octanol–water partition coefficient (Wildman–Crippen LogP) is 1.24. The number of nitrogens with two attached hydrogens (primary N) is 2. The smallest absolute Gasteiger partial charge is 0.145 e. The lowest BCUT2D eigenvalue weighted by Gasteiger charge is -2.15. The van der Waals surface area contributed by atoms with Crippen molar-refractivity contribution in [1.82, 2.24) is 5.43 Å². The number of amidine groups is 1. The van der Waals surface area contributed by atoms with E-state index in [1.165, 1.54) is 9.75 Å². The van der Waals surface area contributed by atoms with Crippen LogP contribution in [0.2, 0.25) is 0 Å². The molecule has 15 heavy (non-hydrogen) atoms. The summed E-state index contributed by atoms with van der Waals surface area (Å²) in [5.41, 5.74) is 2.56. The van der Waals surface area contributed by atoms with Crippen molar-refractivity contribution in [3.63, 3.8) is 0 Å². The van der Waals surface area contributed by atoms with Crippen molar-refractivity contribution < 1.29 is 0 Å². The summed E-state index contributed by atoms with van der Waals surface area (Å²) in [5, 5.41) is 3.68. The zero-order valence-corrected chi connectivity index (χ0v) is 10.5. The van der Waals surface area contributed by atoms with Gasteiger partial charge >= 0.3 is 0 Å². The molecule has 5 N–H and O–H groups in total. The Bertz CT molecular complexity index is 335. The molecule has 0 aromatic carbocycles. The van der Waals surface area contributed by atoms with Gasteiger partial charge in [-0.15, -0.1) is 11.3 Å². The van der Waals surface area contributed by atoms with E-state index in [-0.39, 0.29) is 5.92 Å². The van der Waals surface area contributed by atoms with Crippen LogP contribution in [0.3, 0.4) is 0 Å². The van der Waals surface area contributed by atoms with E-state index in [0.29, 0.717) is 5.84 Å². The maximum absolute atomic E-state index is 5.39. The second-order valence-corrected chi connectivity index (χ2v) is 5.35. The molecule has 4 nitrogen and oxygen atoms in total. The number of nitrogens with zero attached hydrogens (tertiary/aromatic N) is 1. The molecule has 1 heterocycles. The minimum absolute atomic E-state index is 0.161. The Balaban J connectivity index is 2.91. The van der Waals surface area contributed by atoms with Gasteiger partial charge in [-0.05, 0) is 25.3 Å². The van der Waals surface area contributed by atoms with Crippen molar-refractivity contribution in [2.75, 3.05) is 12.0 Å². The monoisotopic (exact) mass is 244 g/mol. The fourth-order valence-corrected chi connectivity index (χ4v) is 3.09. The van der Waals surface area contributed by atoms with Crippen LogP contribution in [0.4, 0.5) is 0 Å². The summed E-state index contributed by atoms with van der Waals surface area (Å²) in [5.74, 6) is 12.4. The molecule has 0 aliphatic heterocycles. The lowest BCUT2D eigenvalue weighted by atomic mass is 10.1. The molecule has 1 unspecified atom stereocenters. The zero-order valence-electron chi connectivity index (χ0n) is 8.86. The fourth-order valence-electron chi connectivity index (χ4n) is 1.33. The van der Waals surface area contributed by atoms with Gasteiger partial charge in [-0.3, -0.25) is 0 Å². The van der Waals surface area contributed by atoms with Crippen LogP contribution in [0.25, 0.3) is 0 Å². The van der Waals surface area contributed by atoms with Crippen LogP contribution in [-0.4, -0.2) is 17.8 Å². The third-order valence-electron chi connectivity index (χ3n) is 2.05. The van der Waals surface area contributed by atoms with Crippen LogP contribution in [-0.2, 0) is 0 Å². The summed E-state index contributed by atoms with van der Waals surface area (Å²) in [6.07, 6.45) is 2.05. The molecule has 1 rings (SSSR count). The number of aryl methyl sites for hydroxylation is 1. The first-order valence-corrected chi connectivity index (χ1v) is 6.73. The lowest BCUT2D eigenvalue weighted by molar-refractivity contribution is 0.904. The molecule has 1 aromatic heterocycles. The molecule has 6 heteroatoms. The summed E-state index contributed by atoms with van der Waals surface area (Å²) < 4.78 is 0. The highest BCUT2D eigenvalue weighted by Crippen LogP contribution is 2.27. The molecule has 1 aromatic rings. The number of hydrazone groups is 1. The summed E-state index contributed by atoms with van der Waals surface area (Å²) >= 11 is 3.50. The molecular weight excluding hydrogens is 228 g/mol. The summed E-state index contributed by atoms with van der Waals surface area (Å²) in [6.45, 7) is 2.08. The molecule has 0 amide bonds. The molecule has 0 aliphatic rings. The number of hydrogen-bond donors (Lipinski definition) is 3. The van der Waals surface area contributed by atoms with E-state index in [0.717, 1.165) is 5.75 Å². The Labute approximate surface area is 98.1 Å². The molecule has 0 saturated heterocycles. The normalized spacial score (nSPS) is 13.9. The first kappa shape index (κ1) is 12.4. The van der Waals surface area contributed by atoms with E-state index < -0.39 is 0 Å². The van der Waals surface area contributed by atoms with E-state index in [1.807, 2.05) is 0 Å². The Hall–Kier alpha value is -0.720. The van der Waals surface area contributed by atoms with Gasteiger partial charge in [0.2, 0.25) is 0 Å². The standard InChI is InChI=1S/C9H16N4S2/c1-6-3-4-8(15-6)7(5-14-2)9(12-10)13-11/h3-4,7H,5,10-11H2,1-2H3,(H,12,13). The Kier molecular flexibility index (Phi) is 4.93. The van der Waals surface area contributed by atoms with Gasteiger partial charge in [0.25, 0.3) is 0 Å². The van der Waals surface area contributed by atoms with Crippen LogP contribution in [0.1, 0.15) is 15.7 Å². The van der Waals surface area contributed by atoms with Crippen LogP contribution in [0.5, 0.6) is 0 Å². The largest absolute Gasteiger partial charge is 0.322 e. The lowest BCUT2D eigenvalue weighted by Crippen LogP contribution is -2.36. The number of hydrogen-bond acceptors (Lipinski definition) is 5. The van der Waals surface area contributed by atoms with Gasteiger partial charge < -0.3 is 11.3 Å². The first-order chi connectivity index (χ1) is 7.22. The summed E-state index contributed by atoms with van der Waals surface area (Å²) in [7, 11) is 0. The maximum Gasteiger partial charge on any atom is 0.145 e. The molecule has 84 valence electrons. The van der Waals surface area contributed by atoms with Gasteiger partial charge in [-0.1, -0.05) is 0 Å². The van der Waals surface area contributed by atoms with E-state index in [2.05, 4.69) is 35.8 Å².